The summed E-state index contributed by atoms with van der Waals surface area (Å²) in [6.45, 7) is 4.14. The molecule has 3 nitrogen and oxygen atoms in total. The molecule has 0 aliphatic carbocycles. The van der Waals surface area contributed by atoms with Crippen LogP contribution < -0.4 is 5.73 Å². The van der Waals surface area contributed by atoms with Crippen molar-refractivity contribution in [3.8, 4) is 0 Å². The summed E-state index contributed by atoms with van der Waals surface area (Å²) >= 11 is 0. The van der Waals surface area contributed by atoms with Crippen molar-refractivity contribution in [1.82, 2.24) is 0 Å². The van der Waals surface area contributed by atoms with Gasteiger partial charge in [-0.3, -0.25) is 0 Å². The van der Waals surface area contributed by atoms with Gasteiger partial charge in [-0.15, -0.1) is 12.4 Å². The third-order valence-electron chi connectivity index (χ3n) is 1.74. The Labute approximate surface area is 73.6 Å². The molecule has 1 saturated heterocycles. The van der Waals surface area contributed by atoms with Crippen molar-refractivity contribution in [2.75, 3.05) is 19.8 Å². The summed E-state index contributed by atoms with van der Waals surface area (Å²) in [7, 11) is 0. The molecule has 4 heteroatoms. The van der Waals surface area contributed by atoms with Gasteiger partial charge in [0.1, 0.15) is 0 Å². The Balaban J connectivity index is 0.000001000. The van der Waals surface area contributed by atoms with Gasteiger partial charge in [0.25, 0.3) is 0 Å². The van der Waals surface area contributed by atoms with Gasteiger partial charge in [0.2, 0.25) is 0 Å². The van der Waals surface area contributed by atoms with Crippen molar-refractivity contribution in [2.45, 2.75) is 25.5 Å². The summed E-state index contributed by atoms with van der Waals surface area (Å²) in [6.07, 6.45) is 1.05. The van der Waals surface area contributed by atoms with Gasteiger partial charge in [-0.25, -0.2) is 0 Å². The van der Waals surface area contributed by atoms with Crippen molar-refractivity contribution >= 4 is 12.4 Å². The molecule has 1 aliphatic rings. The van der Waals surface area contributed by atoms with Gasteiger partial charge < -0.3 is 15.2 Å². The van der Waals surface area contributed by atoms with Crippen LogP contribution in [0.15, 0.2) is 0 Å². The van der Waals surface area contributed by atoms with Gasteiger partial charge in [0.05, 0.1) is 12.7 Å². The second-order valence-electron chi connectivity index (χ2n) is 2.52. The molecule has 1 aliphatic heterocycles. The Morgan fingerprint density at radius 2 is 2.36 bits per heavy atom. The first kappa shape index (κ1) is 11.2. The van der Waals surface area contributed by atoms with Gasteiger partial charge in [0.15, 0.2) is 0 Å². The highest BCUT2D eigenvalue weighted by molar-refractivity contribution is 5.85. The van der Waals surface area contributed by atoms with Gasteiger partial charge in [-0.1, -0.05) is 0 Å². The first-order valence-electron chi connectivity index (χ1n) is 3.79. The lowest BCUT2D eigenvalue weighted by Crippen LogP contribution is -2.44. The predicted molar refractivity (Wildman–Crippen MR) is 46.1 cm³/mol. The molecule has 0 aromatic rings. The van der Waals surface area contributed by atoms with E-state index in [0.717, 1.165) is 19.6 Å². The van der Waals surface area contributed by atoms with Crippen molar-refractivity contribution in [1.29, 1.82) is 0 Å². The van der Waals surface area contributed by atoms with E-state index in [4.69, 9.17) is 15.2 Å². The summed E-state index contributed by atoms with van der Waals surface area (Å²) in [5.74, 6) is 0. The highest BCUT2D eigenvalue weighted by Gasteiger charge is 2.21. The van der Waals surface area contributed by atoms with Gasteiger partial charge in [0, 0.05) is 19.3 Å². The van der Waals surface area contributed by atoms with Crippen LogP contribution in [0.5, 0.6) is 0 Å². The molecule has 0 aromatic carbocycles. The average Bonchev–Trinajstić information content (AvgIpc) is 1.94. The summed E-state index contributed by atoms with van der Waals surface area (Å²) < 4.78 is 10.5. The molecule has 1 heterocycles. The first-order valence-corrected chi connectivity index (χ1v) is 3.79. The molecule has 0 bridgehead atoms. The van der Waals surface area contributed by atoms with E-state index in [1.807, 2.05) is 6.92 Å². The van der Waals surface area contributed by atoms with E-state index in [1.165, 1.54) is 0 Å². The molecule has 0 radical (unpaired) electrons. The normalized spacial score (nSPS) is 31.1. The number of nitrogens with two attached hydrogens (primary N) is 1. The maximum atomic E-state index is 5.76. The minimum absolute atomic E-state index is 0. The maximum absolute atomic E-state index is 5.76. The molecule has 0 spiro atoms. The minimum Gasteiger partial charge on any atom is -0.379 e. The van der Waals surface area contributed by atoms with Crippen LogP contribution in [-0.2, 0) is 9.47 Å². The summed E-state index contributed by atoms with van der Waals surface area (Å²) in [4.78, 5) is 0. The lowest BCUT2D eigenvalue weighted by atomic mass is 10.1. The predicted octanol–water partition coefficient (Wildman–Crippen LogP) is 0.561. The molecule has 68 valence electrons. The largest absolute Gasteiger partial charge is 0.379 e. The molecule has 0 amide bonds. The van der Waals surface area contributed by atoms with Crippen LogP contribution in [0.25, 0.3) is 0 Å². The van der Waals surface area contributed by atoms with Crippen LogP contribution in [-0.4, -0.2) is 32.0 Å². The van der Waals surface area contributed by atoms with E-state index >= 15 is 0 Å². The van der Waals surface area contributed by atoms with Crippen molar-refractivity contribution < 1.29 is 9.47 Å². The number of hydrogen-bond donors (Lipinski definition) is 1. The maximum Gasteiger partial charge on any atom is 0.0959 e. The molecule has 0 saturated carbocycles. The molecule has 1 fully saturated rings. The lowest BCUT2D eigenvalue weighted by Gasteiger charge is -2.28. The third-order valence-corrected chi connectivity index (χ3v) is 1.74. The van der Waals surface area contributed by atoms with Crippen LogP contribution in [0.1, 0.15) is 13.3 Å². The van der Waals surface area contributed by atoms with E-state index in [9.17, 15) is 0 Å². The standard InChI is InChI=1S/C7H15NO2.ClH/c1-2-10-7-5-9-4-3-6(7)8;/h6-7H,2-5,8H2,1H3;1H/t6-,7-;/m1./s1. The van der Waals surface area contributed by atoms with Crippen molar-refractivity contribution in [2.24, 2.45) is 5.73 Å². The Morgan fingerprint density at radius 1 is 1.64 bits per heavy atom. The smallest absolute Gasteiger partial charge is 0.0959 e. The second kappa shape index (κ2) is 5.77. The number of ether oxygens (including phenoxy) is 2. The Kier molecular flexibility index (Phi) is 5.86. The highest BCUT2D eigenvalue weighted by atomic mass is 35.5. The Bertz CT molecular complexity index is 100. The van der Waals surface area contributed by atoms with Crippen LogP contribution in [0, 0.1) is 0 Å². The Morgan fingerprint density at radius 3 is 2.91 bits per heavy atom. The molecular weight excluding hydrogens is 166 g/mol. The van der Waals surface area contributed by atoms with E-state index in [1.54, 1.807) is 0 Å². The zero-order valence-electron chi connectivity index (χ0n) is 6.79. The quantitative estimate of drug-likeness (QED) is 0.677. The summed E-state index contributed by atoms with van der Waals surface area (Å²) in [5.41, 5.74) is 5.76. The first-order chi connectivity index (χ1) is 4.84. The molecule has 0 unspecified atom stereocenters. The second-order valence-corrected chi connectivity index (χ2v) is 2.52. The molecule has 2 N–H and O–H groups in total. The van der Waals surface area contributed by atoms with Gasteiger partial charge >= 0.3 is 0 Å². The highest BCUT2D eigenvalue weighted by Crippen LogP contribution is 2.08. The van der Waals surface area contributed by atoms with Crippen molar-refractivity contribution in [3.63, 3.8) is 0 Å². The van der Waals surface area contributed by atoms with Crippen molar-refractivity contribution in [3.05, 3.63) is 0 Å². The molecular formula is C7H16ClNO2. The van der Waals surface area contributed by atoms with E-state index in [-0.39, 0.29) is 24.6 Å². The topological polar surface area (TPSA) is 44.5 Å². The van der Waals surface area contributed by atoms with Crippen LogP contribution in [0.2, 0.25) is 0 Å². The molecule has 11 heavy (non-hydrogen) atoms. The van der Waals surface area contributed by atoms with Crippen LogP contribution >= 0.6 is 12.4 Å². The van der Waals surface area contributed by atoms with Crippen LogP contribution in [0.3, 0.4) is 0 Å². The molecule has 0 aromatic heterocycles. The monoisotopic (exact) mass is 181 g/mol. The number of halogens is 1. The summed E-state index contributed by atoms with van der Waals surface area (Å²) in [6, 6.07) is 0.175. The zero-order chi connectivity index (χ0) is 7.40. The van der Waals surface area contributed by atoms with Gasteiger partial charge in [-0.2, -0.15) is 0 Å². The van der Waals surface area contributed by atoms with Gasteiger partial charge in [-0.05, 0) is 13.3 Å². The van der Waals surface area contributed by atoms with E-state index < -0.39 is 0 Å². The molecule has 2 atom stereocenters. The SMILES string of the molecule is CCO[C@@H]1COCC[C@H]1N.Cl. The van der Waals surface area contributed by atoms with E-state index in [0.29, 0.717) is 6.61 Å². The zero-order valence-corrected chi connectivity index (χ0v) is 7.60. The fraction of sp³-hybridized carbons (Fsp3) is 1.00. The molecule has 1 rings (SSSR count). The Hall–Kier alpha value is 0.170. The number of rotatable bonds is 2. The average molecular weight is 182 g/mol. The van der Waals surface area contributed by atoms with E-state index in [2.05, 4.69) is 0 Å². The third kappa shape index (κ3) is 3.38. The lowest BCUT2D eigenvalue weighted by molar-refractivity contribution is -0.0571. The number of hydrogen-bond acceptors (Lipinski definition) is 3. The van der Waals surface area contributed by atoms with Crippen LogP contribution in [0.4, 0.5) is 0 Å². The minimum atomic E-state index is 0. The fourth-order valence-electron chi connectivity index (χ4n) is 1.11. The summed E-state index contributed by atoms with van der Waals surface area (Å²) in [5, 5.41) is 0. The fourth-order valence-corrected chi connectivity index (χ4v) is 1.11.